The molecule has 260 valence electrons. The molecule has 51 heavy (non-hydrogen) atoms. The molecule has 0 heterocycles. The Labute approximate surface area is 300 Å². The first-order chi connectivity index (χ1) is 24.8. The van der Waals surface area contributed by atoms with E-state index < -0.39 is 17.1 Å². The third-order valence-corrected chi connectivity index (χ3v) is 8.87. The maximum atomic E-state index is 13.9. The van der Waals surface area contributed by atoms with E-state index in [1.807, 2.05) is 36.4 Å². The van der Waals surface area contributed by atoms with Gasteiger partial charge in [-0.3, -0.25) is 14.4 Å². The number of nitrogens with one attached hydrogen (secondary N) is 3. The molecule has 0 bridgehead atoms. The Balaban J connectivity index is 1.42. The second-order valence-corrected chi connectivity index (χ2v) is 12.1. The van der Waals surface area contributed by atoms with Gasteiger partial charge in [0, 0.05) is 27.8 Å². The van der Waals surface area contributed by atoms with Crippen LogP contribution in [0.4, 0.5) is 11.4 Å². The molecule has 0 saturated heterocycles. The highest BCUT2D eigenvalue weighted by atomic mass is 32.2. The van der Waals surface area contributed by atoms with Crippen molar-refractivity contribution in [2.45, 2.75) is 10.1 Å². The number of rotatable bonds is 14. The van der Waals surface area contributed by atoms with Crippen LogP contribution >= 0.6 is 11.8 Å². The first-order valence-corrected chi connectivity index (χ1v) is 16.7. The number of anilines is 2. The average molecular weight is 704 g/mol. The second-order valence-electron chi connectivity index (χ2n) is 10.9. The van der Waals surface area contributed by atoms with Crippen LogP contribution < -0.4 is 34.9 Å². The second kappa shape index (κ2) is 17.5. The van der Waals surface area contributed by atoms with Crippen LogP contribution in [0.5, 0.6) is 23.0 Å². The number of hydrogen-bond donors (Lipinski definition) is 3. The summed E-state index contributed by atoms with van der Waals surface area (Å²) in [5, 5.41) is 7.98. The predicted molar refractivity (Wildman–Crippen MR) is 200 cm³/mol. The highest BCUT2D eigenvalue weighted by Crippen LogP contribution is 2.38. The number of methoxy groups -OCH3 is 4. The zero-order chi connectivity index (χ0) is 36.2. The van der Waals surface area contributed by atoms with Gasteiger partial charge in [0.25, 0.3) is 11.8 Å². The summed E-state index contributed by atoms with van der Waals surface area (Å²) in [6, 6.07) is 35.4. The SMILES string of the molecule is COc1ccc(OC)c(/C=C(/NC(=O)c2ccccc2)C(=O)Nc2cccc(SC(C(=O)Nc3ccc(OC)cc3OC)c3ccccc3)c2)c1. The van der Waals surface area contributed by atoms with Crippen LogP contribution in [0, 0.1) is 0 Å². The standard InChI is InChI=1S/C40H37N3O7S/c1-47-30-19-21-35(49-3)28(22-30)23-34(43-38(44)27-14-9-6-10-15-27)39(45)41-29-16-11-17-32(24-29)51-37(26-12-7-5-8-13-26)40(46)42-33-20-18-31(48-2)25-36(33)50-4/h5-25,37H,1-4H3,(H,41,45)(H,42,46)(H,43,44)/b34-23+. The van der Waals surface area contributed by atoms with Gasteiger partial charge < -0.3 is 34.9 Å². The van der Waals surface area contributed by atoms with Crippen LogP contribution in [0.1, 0.15) is 26.7 Å². The number of hydrogen-bond acceptors (Lipinski definition) is 8. The Morgan fingerprint density at radius 2 is 1.31 bits per heavy atom. The van der Waals surface area contributed by atoms with Crippen molar-refractivity contribution in [3.05, 3.63) is 144 Å². The summed E-state index contributed by atoms with van der Waals surface area (Å²) in [5.41, 5.74) is 2.60. The number of ether oxygens (including phenoxy) is 4. The molecule has 10 nitrogen and oxygen atoms in total. The maximum Gasteiger partial charge on any atom is 0.272 e. The van der Waals surface area contributed by atoms with Crippen LogP contribution in [0.2, 0.25) is 0 Å². The van der Waals surface area contributed by atoms with Crippen molar-refractivity contribution in [3.63, 3.8) is 0 Å². The van der Waals surface area contributed by atoms with Crippen molar-refractivity contribution < 1.29 is 33.3 Å². The molecular weight excluding hydrogens is 667 g/mol. The van der Waals surface area contributed by atoms with Gasteiger partial charge in [-0.05, 0) is 72.3 Å². The van der Waals surface area contributed by atoms with Gasteiger partial charge >= 0.3 is 0 Å². The lowest BCUT2D eigenvalue weighted by Crippen LogP contribution is -2.30. The molecule has 0 aliphatic rings. The molecule has 1 unspecified atom stereocenters. The van der Waals surface area contributed by atoms with E-state index in [1.165, 1.54) is 39.2 Å². The lowest BCUT2D eigenvalue weighted by Gasteiger charge is -2.19. The topological polar surface area (TPSA) is 124 Å². The zero-order valence-corrected chi connectivity index (χ0v) is 29.3. The highest BCUT2D eigenvalue weighted by Gasteiger charge is 2.24. The number of thioether (sulfide) groups is 1. The first-order valence-electron chi connectivity index (χ1n) is 15.8. The summed E-state index contributed by atoms with van der Waals surface area (Å²) in [6.07, 6.45) is 1.53. The van der Waals surface area contributed by atoms with E-state index in [9.17, 15) is 14.4 Å². The van der Waals surface area contributed by atoms with Crippen LogP contribution in [0.15, 0.2) is 132 Å². The van der Waals surface area contributed by atoms with E-state index in [0.29, 0.717) is 50.4 Å². The lowest BCUT2D eigenvalue weighted by atomic mass is 10.1. The fraction of sp³-hybridized carbons (Fsp3) is 0.125. The van der Waals surface area contributed by atoms with Crippen molar-refractivity contribution in [1.29, 1.82) is 0 Å². The summed E-state index contributed by atoms with van der Waals surface area (Å²) in [5.74, 6) is 0.764. The maximum absolute atomic E-state index is 13.9. The molecule has 0 aromatic heterocycles. The van der Waals surface area contributed by atoms with Crippen molar-refractivity contribution >= 4 is 46.9 Å². The third-order valence-electron chi connectivity index (χ3n) is 7.62. The lowest BCUT2D eigenvalue weighted by molar-refractivity contribution is -0.116. The Morgan fingerprint density at radius 3 is 2.00 bits per heavy atom. The summed E-state index contributed by atoms with van der Waals surface area (Å²) in [6.45, 7) is 0. The van der Waals surface area contributed by atoms with Crippen LogP contribution in [-0.4, -0.2) is 46.2 Å². The van der Waals surface area contributed by atoms with Crippen molar-refractivity contribution in [2.24, 2.45) is 0 Å². The smallest absolute Gasteiger partial charge is 0.272 e. The molecule has 3 amide bonds. The van der Waals surface area contributed by atoms with E-state index in [-0.39, 0.29) is 11.6 Å². The highest BCUT2D eigenvalue weighted by molar-refractivity contribution is 8.00. The fourth-order valence-electron chi connectivity index (χ4n) is 5.03. The van der Waals surface area contributed by atoms with Gasteiger partial charge in [0.1, 0.15) is 33.9 Å². The summed E-state index contributed by atoms with van der Waals surface area (Å²) in [4.78, 5) is 41.6. The third kappa shape index (κ3) is 9.49. The molecule has 0 spiro atoms. The van der Waals surface area contributed by atoms with E-state index in [2.05, 4.69) is 16.0 Å². The number of amides is 3. The van der Waals surface area contributed by atoms with Crippen molar-refractivity contribution in [1.82, 2.24) is 5.32 Å². The molecule has 5 rings (SSSR count). The van der Waals surface area contributed by atoms with E-state index in [4.69, 9.17) is 18.9 Å². The zero-order valence-electron chi connectivity index (χ0n) is 28.5. The van der Waals surface area contributed by atoms with Gasteiger partial charge in [-0.15, -0.1) is 11.8 Å². The first kappa shape index (κ1) is 36.1. The van der Waals surface area contributed by atoms with Crippen LogP contribution in [-0.2, 0) is 9.59 Å². The van der Waals surface area contributed by atoms with Crippen LogP contribution in [0.3, 0.4) is 0 Å². The summed E-state index contributed by atoms with van der Waals surface area (Å²) in [7, 11) is 6.13. The normalized spacial score (nSPS) is 11.5. The van der Waals surface area contributed by atoms with Gasteiger partial charge in [-0.25, -0.2) is 0 Å². The van der Waals surface area contributed by atoms with Crippen molar-refractivity contribution in [2.75, 3.05) is 39.1 Å². The molecule has 3 N–H and O–H groups in total. The van der Waals surface area contributed by atoms with Gasteiger partial charge in [0.15, 0.2) is 0 Å². The molecular formula is C40H37N3O7S. The van der Waals surface area contributed by atoms with Gasteiger partial charge in [0.2, 0.25) is 5.91 Å². The number of carbonyl (C=O) groups is 3. The van der Waals surface area contributed by atoms with Crippen molar-refractivity contribution in [3.8, 4) is 23.0 Å². The Bertz CT molecular complexity index is 2020. The molecule has 0 fully saturated rings. The minimum Gasteiger partial charge on any atom is -0.497 e. The average Bonchev–Trinajstić information content (AvgIpc) is 3.17. The Morgan fingerprint density at radius 1 is 0.647 bits per heavy atom. The van der Waals surface area contributed by atoms with Gasteiger partial charge in [-0.1, -0.05) is 54.6 Å². The van der Waals surface area contributed by atoms with Gasteiger partial charge in [-0.2, -0.15) is 0 Å². The molecule has 11 heteroatoms. The summed E-state index contributed by atoms with van der Waals surface area (Å²) < 4.78 is 21.7. The minimum absolute atomic E-state index is 0.0246. The molecule has 5 aromatic carbocycles. The number of carbonyl (C=O) groups excluding carboxylic acids is 3. The Hall–Kier alpha value is -6.20. The molecule has 0 aliphatic carbocycles. The van der Waals surface area contributed by atoms with Crippen LogP contribution in [0.25, 0.3) is 6.08 Å². The quantitative estimate of drug-likeness (QED) is 0.0798. The minimum atomic E-state index is -0.662. The molecule has 0 radical (unpaired) electrons. The molecule has 5 aromatic rings. The fourth-order valence-corrected chi connectivity index (χ4v) is 6.12. The Kier molecular flexibility index (Phi) is 12.4. The monoisotopic (exact) mass is 703 g/mol. The van der Waals surface area contributed by atoms with E-state index >= 15 is 0 Å². The predicted octanol–water partition coefficient (Wildman–Crippen LogP) is 7.60. The molecule has 1 atom stereocenters. The molecule has 0 aliphatic heterocycles. The van der Waals surface area contributed by atoms with E-state index in [1.54, 1.807) is 92.0 Å². The van der Waals surface area contributed by atoms with Gasteiger partial charge in [0.05, 0.1) is 34.1 Å². The molecule has 0 saturated carbocycles. The largest absolute Gasteiger partial charge is 0.497 e. The number of benzene rings is 5. The van der Waals surface area contributed by atoms with E-state index in [0.717, 1.165) is 5.56 Å². The summed E-state index contributed by atoms with van der Waals surface area (Å²) >= 11 is 1.32.